The number of benzene rings is 1. The Morgan fingerprint density at radius 3 is 2.54 bits per heavy atom. The SMILES string of the molecule is CC(C)OC(=O)CNC(=O)Cn1nc(-c2ccccc2)ccc1=O. The van der Waals surface area contributed by atoms with Gasteiger partial charge in [0.05, 0.1) is 11.8 Å². The van der Waals surface area contributed by atoms with E-state index in [4.69, 9.17) is 4.74 Å². The topological polar surface area (TPSA) is 90.3 Å². The lowest BCUT2D eigenvalue weighted by atomic mass is 10.1. The van der Waals surface area contributed by atoms with Crippen molar-refractivity contribution in [1.29, 1.82) is 0 Å². The van der Waals surface area contributed by atoms with E-state index in [1.165, 1.54) is 6.07 Å². The lowest BCUT2D eigenvalue weighted by Crippen LogP contribution is -2.37. The van der Waals surface area contributed by atoms with Crippen molar-refractivity contribution >= 4 is 11.9 Å². The minimum Gasteiger partial charge on any atom is -0.462 e. The lowest BCUT2D eigenvalue weighted by molar-refractivity contribution is -0.147. The van der Waals surface area contributed by atoms with Gasteiger partial charge in [-0.1, -0.05) is 30.3 Å². The van der Waals surface area contributed by atoms with Crippen LogP contribution in [0.4, 0.5) is 0 Å². The maximum Gasteiger partial charge on any atom is 0.325 e. The number of carbonyl (C=O) groups is 2. The van der Waals surface area contributed by atoms with Crippen LogP contribution in [0.5, 0.6) is 0 Å². The number of aromatic nitrogens is 2. The largest absolute Gasteiger partial charge is 0.462 e. The molecule has 1 heterocycles. The Balaban J connectivity index is 2.03. The van der Waals surface area contributed by atoms with Gasteiger partial charge in [0.25, 0.3) is 5.56 Å². The number of nitrogens with one attached hydrogen (secondary N) is 1. The molecule has 0 spiro atoms. The Kier molecular flexibility index (Phi) is 5.83. The first-order valence-electron chi connectivity index (χ1n) is 7.55. The summed E-state index contributed by atoms with van der Waals surface area (Å²) in [6.45, 7) is 2.93. The first-order valence-corrected chi connectivity index (χ1v) is 7.55. The molecule has 0 saturated heterocycles. The van der Waals surface area contributed by atoms with E-state index < -0.39 is 17.4 Å². The number of amides is 1. The van der Waals surface area contributed by atoms with Crippen molar-refractivity contribution in [2.75, 3.05) is 6.54 Å². The molecule has 0 saturated carbocycles. The van der Waals surface area contributed by atoms with Crippen molar-refractivity contribution in [3.05, 3.63) is 52.8 Å². The van der Waals surface area contributed by atoms with Gasteiger partial charge >= 0.3 is 5.97 Å². The molecule has 7 heteroatoms. The highest BCUT2D eigenvalue weighted by Crippen LogP contribution is 2.13. The van der Waals surface area contributed by atoms with Crippen molar-refractivity contribution in [2.24, 2.45) is 0 Å². The van der Waals surface area contributed by atoms with Crippen LogP contribution in [0.15, 0.2) is 47.3 Å². The molecule has 126 valence electrons. The van der Waals surface area contributed by atoms with Gasteiger partial charge in [-0.15, -0.1) is 0 Å². The molecule has 1 aromatic carbocycles. The van der Waals surface area contributed by atoms with Crippen LogP contribution < -0.4 is 10.9 Å². The summed E-state index contributed by atoms with van der Waals surface area (Å²) in [6.07, 6.45) is -0.249. The number of nitrogens with zero attached hydrogens (tertiary/aromatic N) is 2. The van der Waals surface area contributed by atoms with Gasteiger partial charge < -0.3 is 10.1 Å². The Hall–Kier alpha value is -2.96. The van der Waals surface area contributed by atoms with Crippen LogP contribution in [-0.2, 0) is 20.9 Å². The Labute approximate surface area is 139 Å². The summed E-state index contributed by atoms with van der Waals surface area (Å²) in [4.78, 5) is 35.1. The molecule has 24 heavy (non-hydrogen) atoms. The molecule has 2 rings (SSSR count). The number of hydrogen-bond acceptors (Lipinski definition) is 5. The zero-order valence-corrected chi connectivity index (χ0v) is 13.6. The molecular formula is C17H19N3O4. The second kappa shape index (κ2) is 8.05. The fourth-order valence-corrected chi connectivity index (χ4v) is 1.99. The number of ether oxygens (including phenoxy) is 1. The number of hydrogen-bond donors (Lipinski definition) is 1. The maximum atomic E-state index is 11.9. The summed E-state index contributed by atoms with van der Waals surface area (Å²) in [7, 11) is 0. The van der Waals surface area contributed by atoms with Crippen LogP contribution in [-0.4, -0.2) is 34.3 Å². The van der Waals surface area contributed by atoms with Crippen LogP contribution in [0.25, 0.3) is 11.3 Å². The van der Waals surface area contributed by atoms with E-state index in [1.54, 1.807) is 19.9 Å². The number of esters is 1. The molecule has 0 bridgehead atoms. The van der Waals surface area contributed by atoms with E-state index in [9.17, 15) is 14.4 Å². The molecule has 0 radical (unpaired) electrons. The van der Waals surface area contributed by atoms with Crippen molar-refractivity contribution in [3.8, 4) is 11.3 Å². The molecular weight excluding hydrogens is 310 g/mol. The van der Waals surface area contributed by atoms with E-state index in [0.29, 0.717) is 5.69 Å². The van der Waals surface area contributed by atoms with Gasteiger partial charge in [-0.2, -0.15) is 5.10 Å². The second-order valence-corrected chi connectivity index (χ2v) is 5.40. The van der Waals surface area contributed by atoms with Gasteiger partial charge in [-0.3, -0.25) is 14.4 Å². The van der Waals surface area contributed by atoms with E-state index in [1.807, 2.05) is 30.3 Å². The Bertz CT molecular complexity index is 769. The van der Waals surface area contributed by atoms with Gasteiger partial charge in [-0.25, -0.2) is 4.68 Å². The lowest BCUT2D eigenvalue weighted by Gasteiger charge is -2.10. The number of rotatable bonds is 6. The molecule has 1 amide bonds. The molecule has 0 aliphatic heterocycles. The summed E-state index contributed by atoms with van der Waals surface area (Å²) in [5.74, 6) is -1.02. The third kappa shape index (κ3) is 5.05. The third-order valence-electron chi connectivity index (χ3n) is 3.03. The van der Waals surface area contributed by atoms with E-state index in [0.717, 1.165) is 10.2 Å². The predicted octanol–water partition coefficient (Wildman–Crippen LogP) is 0.978. The monoisotopic (exact) mass is 329 g/mol. The highest BCUT2D eigenvalue weighted by molar-refractivity contribution is 5.81. The number of carbonyl (C=O) groups excluding carboxylic acids is 2. The summed E-state index contributed by atoms with van der Waals surface area (Å²) in [5.41, 5.74) is 1.03. The average molecular weight is 329 g/mol. The van der Waals surface area contributed by atoms with Gasteiger partial charge in [0.15, 0.2) is 0 Å². The second-order valence-electron chi connectivity index (χ2n) is 5.40. The van der Waals surface area contributed by atoms with Crippen LogP contribution in [0.2, 0.25) is 0 Å². The maximum absolute atomic E-state index is 11.9. The van der Waals surface area contributed by atoms with Crippen molar-refractivity contribution in [2.45, 2.75) is 26.5 Å². The Morgan fingerprint density at radius 1 is 1.17 bits per heavy atom. The predicted molar refractivity (Wildman–Crippen MR) is 88.2 cm³/mol. The molecule has 2 aromatic rings. The van der Waals surface area contributed by atoms with Crippen molar-refractivity contribution < 1.29 is 14.3 Å². The van der Waals surface area contributed by atoms with Gasteiger partial charge in [0.1, 0.15) is 13.1 Å². The van der Waals surface area contributed by atoms with Crippen LogP contribution >= 0.6 is 0 Å². The fourth-order valence-electron chi connectivity index (χ4n) is 1.99. The molecule has 0 aliphatic rings. The van der Waals surface area contributed by atoms with Crippen LogP contribution in [0, 0.1) is 0 Å². The van der Waals surface area contributed by atoms with Gasteiger partial charge in [-0.05, 0) is 19.9 Å². The average Bonchev–Trinajstić information content (AvgIpc) is 2.55. The summed E-state index contributed by atoms with van der Waals surface area (Å²) in [6, 6.07) is 12.3. The van der Waals surface area contributed by atoms with E-state index in [-0.39, 0.29) is 19.2 Å². The normalized spacial score (nSPS) is 10.5. The van der Waals surface area contributed by atoms with Crippen molar-refractivity contribution in [3.63, 3.8) is 0 Å². The molecule has 0 atom stereocenters. The highest BCUT2D eigenvalue weighted by Gasteiger charge is 2.11. The zero-order chi connectivity index (χ0) is 17.5. The first kappa shape index (κ1) is 17.4. The standard InChI is InChI=1S/C17H19N3O4/c1-12(2)24-17(23)10-18-15(21)11-20-16(22)9-8-14(19-20)13-6-4-3-5-7-13/h3-9,12H,10-11H2,1-2H3,(H,18,21). The Morgan fingerprint density at radius 2 is 1.88 bits per heavy atom. The third-order valence-corrected chi connectivity index (χ3v) is 3.03. The quantitative estimate of drug-likeness (QED) is 0.798. The zero-order valence-electron chi connectivity index (χ0n) is 13.6. The van der Waals surface area contributed by atoms with Gasteiger partial charge in [0.2, 0.25) is 5.91 Å². The molecule has 7 nitrogen and oxygen atoms in total. The van der Waals surface area contributed by atoms with Crippen LogP contribution in [0.1, 0.15) is 13.8 Å². The highest BCUT2D eigenvalue weighted by atomic mass is 16.5. The van der Waals surface area contributed by atoms with Crippen LogP contribution in [0.3, 0.4) is 0 Å². The first-order chi connectivity index (χ1) is 11.5. The van der Waals surface area contributed by atoms with Crippen molar-refractivity contribution in [1.82, 2.24) is 15.1 Å². The van der Waals surface area contributed by atoms with E-state index >= 15 is 0 Å². The minimum atomic E-state index is -0.531. The molecule has 0 unspecified atom stereocenters. The minimum absolute atomic E-state index is 0.246. The molecule has 0 fully saturated rings. The van der Waals surface area contributed by atoms with E-state index in [2.05, 4.69) is 10.4 Å². The molecule has 0 aliphatic carbocycles. The summed E-state index contributed by atoms with van der Waals surface area (Å²) in [5, 5.41) is 6.59. The molecule has 1 N–H and O–H groups in total. The molecule has 1 aromatic heterocycles. The fraction of sp³-hybridized carbons (Fsp3) is 0.294. The smallest absolute Gasteiger partial charge is 0.325 e. The van der Waals surface area contributed by atoms with Gasteiger partial charge in [0, 0.05) is 11.6 Å². The summed E-state index contributed by atoms with van der Waals surface area (Å²) < 4.78 is 5.97. The summed E-state index contributed by atoms with van der Waals surface area (Å²) >= 11 is 0.